The fraction of sp³-hybridized carbons (Fsp3) is 0.364. The second-order valence-corrected chi connectivity index (χ2v) is 5.46. The zero-order valence-electron chi connectivity index (χ0n) is 9.92. The molecule has 0 aliphatic heterocycles. The Morgan fingerprint density at radius 3 is 2.67 bits per heavy atom. The van der Waals surface area contributed by atoms with Crippen LogP contribution in [0.1, 0.15) is 18.9 Å². The van der Waals surface area contributed by atoms with Gasteiger partial charge in [0.15, 0.2) is 0 Å². The number of nitrogens with zero attached hydrogens (tertiary/aromatic N) is 1. The van der Waals surface area contributed by atoms with Gasteiger partial charge >= 0.3 is 0 Å². The van der Waals surface area contributed by atoms with Crippen molar-refractivity contribution in [3.8, 4) is 6.07 Å². The Kier molecular flexibility index (Phi) is 4.67. The summed E-state index contributed by atoms with van der Waals surface area (Å²) in [4.78, 5) is -0.0894. The number of nitriles is 1. The Morgan fingerprint density at radius 2 is 2.22 bits per heavy atom. The molecule has 1 unspecified atom stereocenters. The normalized spacial score (nSPS) is 12.9. The molecule has 0 saturated carbocycles. The van der Waals surface area contributed by atoms with Crippen LogP contribution in [-0.2, 0) is 10.0 Å². The molecule has 0 fully saturated rings. The van der Waals surface area contributed by atoms with Crippen LogP contribution in [0.4, 0.5) is 5.69 Å². The average molecular weight is 269 g/mol. The van der Waals surface area contributed by atoms with Crippen molar-refractivity contribution >= 4 is 15.7 Å². The highest BCUT2D eigenvalue weighted by Gasteiger charge is 2.21. The predicted molar refractivity (Wildman–Crippen MR) is 67.1 cm³/mol. The van der Waals surface area contributed by atoms with Crippen molar-refractivity contribution in [3.63, 3.8) is 0 Å². The van der Waals surface area contributed by atoms with Crippen molar-refractivity contribution in [3.05, 3.63) is 23.8 Å². The summed E-state index contributed by atoms with van der Waals surface area (Å²) in [7, 11) is -3.78. The number of hydrogen-bond donors (Lipinski definition) is 3. The summed E-state index contributed by atoms with van der Waals surface area (Å²) in [6.07, 6.45) is 0.464. The maximum Gasteiger partial charge on any atom is 0.242 e. The number of hydrogen-bond acceptors (Lipinski definition) is 5. The first-order valence-corrected chi connectivity index (χ1v) is 6.85. The van der Waals surface area contributed by atoms with E-state index in [4.69, 9.17) is 16.1 Å². The fourth-order valence-corrected chi connectivity index (χ4v) is 2.82. The number of aliphatic hydroxyl groups excluding tert-OH is 1. The van der Waals surface area contributed by atoms with Gasteiger partial charge in [-0.25, -0.2) is 13.1 Å². The van der Waals surface area contributed by atoms with Crippen LogP contribution in [0.5, 0.6) is 0 Å². The van der Waals surface area contributed by atoms with Gasteiger partial charge in [0.25, 0.3) is 0 Å². The third-order valence-corrected chi connectivity index (χ3v) is 4.06. The molecule has 0 saturated heterocycles. The standard InChI is InChI=1S/C11H15N3O3S/c1-2-9(7-15)14-18(16,17)11-4-3-8(6-12)5-10(11)13/h3-5,9,14-15H,2,7,13H2,1H3. The molecule has 0 aliphatic carbocycles. The Bertz CT molecular complexity index is 559. The van der Waals surface area contributed by atoms with Crippen LogP contribution in [0.2, 0.25) is 0 Å². The third kappa shape index (κ3) is 3.20. The molecular weight excluding hydrogens is 254 g/mol. The molecule has 1 aromatic carbocycles. The van der Waals surface area contributed by atoms with Crippen molar-refractivity contribution in [2.75, 3.05) is 12.3 Å². The zero-order chi connectivity index (χ0) is 13.8. The predicted octanol–water partition coefficient (Wildman–Crippen LogP) is 0.190. The maximum absolute atomic E-state index is 12.0. The molecule has 0 aromatic heterocycles. The molecule has 7 heteroatoms. The quantitative estimate of drug-likeness (QED) is 0.660. The monoisotopic (exact) mass is 269 g/mol. The molecule has 98 valence electrons. The summed E-state index contributed by atoms with van der Waals surface area (Å²) in [6.45, 7) is 1.47. The van der Waals surface area contributed by atoms with Gasteiger partial charge in [0.05, 0.1) is 23.9 Å². The molecule has 0 radical (unpaired) electrons. The summed E-state index contributed by atoms with van der Waals surface area (Å²) in [5.41, 5.74) is 5.91. The summed E-state index contributed by atoms with van der Waals surface area (Å²) >= 11 is 0. The number of sulfonamides is 1. The highest BCUT2D eigenvalue weighted by molar-refractivity contribution is 7.89. The van der Waals surface area contributed by atoms with E-state index in [2.05, 4.69) is 4.72 Å². The third-order valence-electron chi connectivity index (χ3n) is 2.46. The van der Waals surface area contributed by atoms with Crippen LogP contribution < -0.4 is 10.5 Å². The molecule has 0 aliphatic rings. The van der Waals surface area contributed by atoms with Gasteiger partial charge in [-0.05, 0) is 24.6 Å². The molecule has 0 bridgehead atoms. The average Bonchev–Trinajstić information content (AvgIpc) is 2.35. The van der Waals surface area contributed by atoms with Crippen LogP contribution in [0, 0.1) is 11.3 Å². The minimum atomic E-state index is -3.78. The first-order chi connectivity index (χ1) is 8.44. The molecule has 4 N–H and O–H groups in total. The molecule has 1 aromatic rings. The van der Waals surface area contributed by atoms with Gasteiger partial charge in [-0.2, -0.15) is 5.26 Å². The Balaban J connectivity index is 3.10. The second-order valence-electron chi connectivity index (χ2n) is 3.77. The maximum atomic E-state index is 12.0. The summed E-state index contributed by atoms with van der Waals surface area (Å²) < 4.78 is 26.3. The number of nitrogens with two attached hydrogens (primary N) is 1. The lowest BCUT2D eigenvalue weighted by Crippen LogP contribution is -2.37. The smallest absolute Gasteiger partial charge is 0.242 e. The fourth-order valence-electron chi connectivity index (χ4n) is 1.40. The number of anilines is 1. The Morgan fingerprint density at radius 1 is 1.56 bits per heavy atom. The SMILES string of the molecule is CCC(CO)NS(=O)(=O)c1ccc(C#N)cc1N. The van der Waals surface area contributed by atoms with Gasteiger partial charge in [0, 0.05) is 6.04 Å². The lowest BCUT2D eigenvalue weighted by atomic mass is 10.2. The Labute approximate surface area is 106 Å². The second kappa shape index (κ2) is 5.82. The van der Waals surface area contributed by atoms with Crippen LogP contribution in [0.25, 0.3) is 0 Å². The summed E-state index contributed by atoms with van der Waals surface area (Å²) in [5.74, 6) is 0. The van der Waals surface area contributed by atoms with Crippen molar-refractivity contribution in [1.29, 1.82) is 5.26 Å². The molecule has 0 spiro atoms. The van der Waals surface area contributed by atoms with E-state index in [0.717, 1.165) is 0 Å². The minimum Gasteiger partial charge on any atom is -0.398 e. The van der Waals surface area contributed by atoms with E-state index in [0.29, 0.717) is 12.0 Å². The largest absolute Gasteiger partial charge is 0.398 e. The van der Waals surface area contributed by atoms with Gasteiger partial charge in [0.1, 0.15) is 4.90 Å². The summed E-state index contributed by atoms with van der Waals surface area (Å²) in [6, 6.07) is 5.28. The van der Waals surface area contributed by atoms with Crippen LogP contribution in [0.15, 0.2) is 23.1 Å². The number of benzene rings is 1. The molecule has 0 amide bonds. The van der Waals surface area contributed by atoms with Gasteiger partial charge in [-0.1, -0.05) is 6.92 Å². The van der Waals surface area contributed by atoms with Gasteiger partial charge in [0.2, 0.25) is 10.0 Å². The molecule has 18 heavy (non-hydrogen) atoms. The van der Waals surface area contributed by atoms with Crippen molar-refractivity contribution < 1.29 is 13.5 Å². The molecular formula is C11H15N3O3S. The van der Waals surface area contributed by atoms with E-state index < -0.39 is 16.1 Å². The van der Waals surface area contributed by atoms with E-state index in [1.165, 1.54) is 18.2 Å². The van der Waals surface area contributed by atoms with E-state index in [1.54, 1.807) is 6.92 Å². The van der Waals surface area contributed by atoms with Crippen molar-refractivity contribution in [2.24, 2.45) is 0 Å². The van der Waals surface area contributed by atoms with E-state index >= 15 is 0 Å². The molecule has 1 rings (SSSR count). The lowest BCUT2D eigenvalue weighted by Gasteiger charge is -2.15. The molecule has 1 atom stereocenters. The van der Waals surface area contributed by atoms with E-state index in [9.17, 15) is 8.42 Å². The first kappa shape index (κ1) is 14.4. The van der Waals surface area contributed by atoms with E-state index in [1.807, 2.05) is 6.07 Å². The number of rotatable bonds is 5. The van der Waals surface area contributed by atoms with E-state index in [-0.39, 0.29) is 17.2 Å². The summed E-state index contributed by atoms with van der Waals surface area (Å²) in [5, 5.41) is 17.7. The van der Waals surface area contributed by atoms with Gasteiger partial charge < -0.3 is 10.8 Å². The highest BCUT2D eigenvalue weighted by Crippen LogP contribution is 2.19. The number of nitrogen functional groups attached to an aromatic ring is 1. The zero-order valence-corrected chi connectivity index (χ0v) is 10.7. The van der Waals surface area contributed by atoms with Crippen LogP contribution in [-0.4, -0.2) is 26.2 Å². The number of aliphatic hydroxyl groups is 1. The number of nitrogens with one attached hydrogen (secondary N) is 1. The van der Waals surface area contributed by atoms with Crippen LogP contribution >= 0.6 is 0 Å². The molecule has 0 heterocycles. The highest BCUT2D eigenvalue weighted by atomic mass is 32.2. The van der Waals surface area contributed by atoms with Gasteiger partial charge in [-0.3, -0.25) is 0 Å². The topological polar surface area (TPSA) is 116 Å². The first-order valence-electron chi connectivity index (χ1n) is 5.37. The lowest BCUT2D eigenvalue weighted by molar-refractivity contribution is 0.254. The van der Waals surface area contributed by atoms with Crippen LogP contribution in [0.3, 0.4) is 0 Å². The van der Waals surface area contributed by atoms with Gasteiger partial charge in [-0.15, -0.1) is 0 Å². The van der Waals surface area contributed by atoms with Crippen molar-refractivity contribution in [2.45, 2.75) is 24.3 Å². The van der Waals surface area contributed by atoms with Crippen molar-refractivity contribution in [1.82, 2.24) is 4.72 Å². The Hall–Kier alpha value is -1.62. The molecule has 6 nitrogen and oxygen atoms in total. The minimum absolute atomic E-state index is 0.00865.